The molecule has 4 nitrogen and oxygen atoms in total. The van der Waals surface area contributed by atoms with Crippen molar-refractivity contribution in [3.63, 3.8) is 0 Å². The molecule has 1 atom stereocenters. The zero-order chi connectivity index (χ0) is 15.4. The highest BCUT2D eigenvalue weighted by molar-refractivity contribution is 5.68. The lowest BCUT2D eigenvalue weighted by atomic mass is 9.88. The molecule has 2 N–H and O–H groups in total. The number of alkyl halides is 3. The molecule has 1 aromatic carbocycles. The lowest BCUT2D eigenvalue weighted by Gasteiger charge is -2.29. The lowest BCUT2D eigenvalue weighted by Crippen LogP contribution is -2.41. The first-order valence-corrected chi connectivity index (χ1v) is 5.99. The van der Waals surface area contributed by atoms with E-state index < -0.39 is 17.9 Å². The van der Waals surface area contributed by atoms with E-state index in [1.54, 1.807) is 6.92 Å². The molecule has 0 saturated carbocycles. The molecule has 1 rings (SSSR count). The van der Waals surface area contributed by atoms with E-state index >= 15 is 0 Å². The number of carbonyl (C=O) groups is 1. The minimum Gasteiger partial charge on any atom is -0.481 e. The molecule has 0 amide bonds. The molecular weight excluding hydrogens is 275 g/mol. The van der Waals surface area contributed by atoms with Crippen LogP contribution < -0.4 is 10.1 Å². The summed E-state index contributed by atoms with van der Waals surface area (Å²) in [5, 5.41) is 12.0. The first kappa shape index (κ1) is 16.3. The van der Waals surface area contributed by atoms with Crippen LogP contribution in [0, 0.1) is 0 Å². The normalized spacial score (nSPS) is 14.7. The fourth-order valence-electron chi connectivity index (χ4n) is 1.98. The number of ether oxygens (including phenoxy) is 1. The van der Waals surface area contributed by atoms with E-state index in [0.29, 0.717) is 12.1 Å². The number of aliphatic carboxylic acids is 1. The van der Waals surface area contributed by atoms with Crippen molar-refractivity contribution in [3.05, 3.63) is 29.8 Å². The Balaban J connectivity index is 2.96. The molecule has 0 aliphatic carbocycles. The maximum atomic E-state index is 12.1. The SMILES string of the molecule is CCNC(C)(CC(=O)O)c1ccc(OC(F)(F)F)cc1. The Labute approximate surface area is 114 Å². The summed E-state index contributed by atoms with van der Waals surface area (Å²) in [5.74, 6) is -1.33. The van der Waals surface area contributed by atoms with E-state index in [9.17, 15) is 18.0 Å². The predicted molar refractivity (Wildman–Crippen MR) is 66.4 cm³/mol. The Morgan fingerprint density at radius 1 is 1.30 bits per heavy atom. The van der Waals surface area contributed by atoms with Crippen molar-refractivity contribution in [2.45, 2.75) is 32.2 Å². The monoisotopic (exact) mass is 291 g/mol. The highest BCUT2D eigenvalue weighted by atomic mass is 19.4. The first-order chi connectivity index (χ1) is 9.16. The van der Waals surface area contributed by atoms with Gasteiger partial charge in [0.25, 0.3) is 0 Å². The quantitative estimate of drug-likeness (QED) is 0.846. The summed E-state index contributed by atoms with van der Waals surface area (Å²) >= 11 is 0. The highest BCUT2D eigenvalue weighted by Crippen LogP contribution is 2.28. The third kappa shape index (κ3) is 4.73. The number of rotatable bonds is 6. The number of carboxylic acid groups (broad SMARTS) is 1. The maximum absolute atomic E-state index is 12.1. The van der Waals surface area contributed by atoms with Crippen LogP contribution in [0.3, 0.4) is 0 Å². The molecule has 0 fully saturated rings. The number of halogens is 3. The molecule has 7 heteroatoms. The zero-order valence-electron chi connectivity index (χ0n) is 11.1. The number of carboxylic acids is 1. The smallest absolute Gasteiger partial charge is 0.481 e. The second-order valence-corrected chi connectivity index (χ2v) is 4.51. The number of nitrogens with one attached hydrogen (secondary N) is 1. The number of benzene rings is 1. The van der Waals surface area contributed by atoms with Crippen molar-refractivity contribution in [1.29, 1.82) is 0 Å². The Morgan fingerprint density at radius 3 is 2.25 bits per heavy atom. The summed E-state index contributed by atoms with van der Waals surface area (Å²) in [6.07, 6.45) is -4.92. The van der Waals surface area contributed by atoms with Crippen LogP contribution in [0.5, 0.6) is 5.75 Å². The van der Waals surface area contributed by atoms with Crippen LogP contribution in [0.1, 0.15) is 25.8 Å². The Bertz CT molecular complexity index is 459. The van der Waals surface area contributed by atoms with Gasteiger partial charge in [0.05, 0.1) is 12.0 Å². The van der Waals surface area contributed by atoms with Crippen LogP contribution in [0.25, 0.3) is 0 Å². The average Bonchev–Trinajstić information content (AvgIpc) is 2.26. The summed E-state index contributed by atoms with van der Waals surface area (Å²) in [6.45, 7) is 4.04. The molecule has 112 valence electrons. The van der Waals surface area contributed by atoms with Gasteiger partial charge in [-0.2, -0.15) is 0 Å². The summed E-state index contributed by atoms with van der Waals surface area (Å²) in [7, 11) is 0. The van der Waals surface area contributed by atoms with Crippen molar-refractivity contribution >= 4 is 5.97 Å². The minimum atomic E-state index is -4.74. The summed E-state index contributed by atoms with van der Waals surface area (Å²) < 4.78 is 39.9. The Kier molecular flexibility index (Phi) is 4.99. The molecule has 0 saturated heterocycles. The highest BCUT2D eigenvalue weighted by Gasteiger charge is 2.32. The van der Waals surface area contributed by atoms with E-state index in [4.69, 9.17) is 5.11 Å². The molecule has 0 spiro atoms. The van der Waals surface area contributed by atoms with Gasteiger partial charge in [0.15, 0.2) is 0 Å². The Morgan fingerprint density at radius 2 is 1.85 bits per heavy atom. The van der Waals surface area contributed by atoms with Crippen LogP contribution in [-0.4, -0.2) is 24.0 Å². The average molecular weight is 291 g/mol. The van der Waals surface area contributed by atoms with E-state index in [1.165, 1.54) is 24.3 Å². The number of hydrogen-bond acceptors (Lipinski definition) is 3. The second-order valence-electron chi connectivity index (χ2n) is 4.51. The first-order valence-electron chi connectivity index (χ1n) is 5.99. The third-order valence-electron chi connectivity index (χ3n) is 2.80. The van der Waals surface area contributed by atoms with Crippen molar-refractivity contribution < 1.29 is 27.8 Å². The lowest BCUT2D eigenvalue weighted by molar-refractivity contribution is -0.274. The van der Waals surface area contributed by atoms with Gasteiger partial charge in [0.1, 0.15) is 5.75 Å². The summed E-state index contributed by atoms with van der Waals surface area (Å²) in [5.41, 5.74) is -0.270. The molecule has 0 heterocycles. The number of hydrogen-bond donors (Lipinski definition) is 2. The Hall–Kier alpha value is -1.76. The van der Waals surface area contributed by atoms with Crippen molar-refractivity contribution in [2.24, 2.45) is 0 Å². The van der Waals surface area contributed by atoms with Gasteiger partial charge in [-0.05, 0) is 31.2 Å². The fourth-order valence-corrected chi connectivity index (χ4v) is 1.98. The van der Waals surface area contributed by atoms with Crippen molar-refractivity contribution in [2.75, 3.05) is 6.54 Å². The molecule has 0 radical (unpaired) electrons. The largest absolute Gasteiger partial charge is 0.573 e. The predicted octanol–water partition coefficient (Wildman–Crippen LogP) is 2.88. The van der Waals surface area contributed by atoms with E-state index in [2.05, 4.69) is 10.1 Å². The van der Waals surface area contributed by atoms with Crippen molar-refractivity contribution in [3.8, 4) is 5.75 Å². The molecule has 1 unspecified atom stereocenters. The van der Waals surface area contributed by atoms with Gasteiger partial charge in [-0.25, -0.2) is 0 Å². The topological polar surface area (TPSA) is 58.6 Å². The van der Waals surface area contributed by atoms with Crippen LogP contribution in [-0.2, 0) is 10.3 Å². The van der Waals surface area contributed by atoms with Crippen LogP contribution in [0.4, 0.5) is 13.2 Å². The standard InChI is InChI=1S/C13H16F3NO3/c1-3-17-12(2,8-11(18)19)9-4-6-10(7-5-9)20-13(14,15)16/h4-7,17H,3,8H2,1-2H3,(H,18,19). The van der Waals surface area contributed by atoms with Gasteiger partial charge >= 0.3 is 12.3 Å². The molecule has 0 aromatic heterocycles. The zero-order valence-corrected chi connectivity index (χ0v) is 11.1. The molecule has 0 bridgehead atoms. The van der Waals surface area contributed by atoms with Crippen molar-refractivity contribution in [1.82, 2.24) is 5.32 Å². The van der Waals surface area contributed by atoms with Gasteiger partial charge < -0.3 is 15.2 Å². The third-order valence-corrected chi connectivity index (χ3v) is 2.80. The van der Waals surface area contributed by atoms with E-state index in [1.807, 2.05) is 6.92 Å². The second kappa shape index (κ2) is 6.13. The van der Waals surface area contributed by atoms with Gasteiger partial charge in [0, 0.05) is 0 Å². The summed E-state index contributed by atoms with van der Waals surface area (Å²) in [4.78, 5) is 10.9. The van der Waals surface area contributed by atoms with Crippen LogP contribution in [0.2, 0.25) is 0 Å². The minimum absolute atomic E-state index is 0.180. The molecule has 0 aliphatic rings. The summed E-state index contributed by atoms with van der Waals surface area (Å²) in [6, 6.07) is 5.18. The van der Waals surface area contributed by atoms with Gasteiger partial charge in [-0.15, -0.1) is 13.2 Å². The molecular formula is C13H16F3NO3. The molecule has 20 heavy (non-hydrogen) atoms. The molecule has 0 aliphatic heterocycles. The fraction of sp³-hybridized carbons (Fsp3) is 0.462. The van der Waals surface area contributed by atoms with Crippen LogP contribution in [0.15, 0.2) is 24.3 Å². The maximum Gasteiger partial charge on any atom is 0.573 e. The van der Waals surface area contributed by atoms with Gasteiger partial charge in [0.2, 0.25) is 0 Å². The van der Waals surface area contributed by atoms with Gasteiger partial charge in [-0.3, -0.25) is 4.79 Å². The van der Waals surface area contributed by atoms with Crippen LogP contribution >= 0.6 is 0 Å². The van der Waals surface area contributed by atoms with E-state index in [0.717, 1.165) is 0 Å². The van der Waals surface area contributed by atoms with Gasteiger partial charge in [-0.1, -0.05) is 19.1 Å². The van der Waals surface area contributed by atoms with E-state index in [-0.39, 0.29) is 12.2 Å². The molecule has 1 aromatic rings.